The third-order valence-electron chi connectivity index (χ3n) is 6.49. The zero-order valence-corrected chi connectivity index (χ0v) is 24.3. The molecule has 218 valence electrons. The number of aliphatic carboxylic acids is 1. The fourth-order valence-corrected chi connectivity index (χ4v) is 4.77. The highest BCUT2D eigenvalue weighted by Gasteiger charge is 2.58. The molecule has 1 aliphatic rings. The summed E-state index contributed by atoms with van der Waals surface area (Å²) in [4.78, 5) is 53.4. The Balaban J connectivity index is 3.56. The maximum atomic E-state index is 12.6. The number of carbonyl (C=O) groups is 4. The van der Waals surface area contributed by atoms with E-state index in [9.17, 15) is 29.4 Å². The fourth-order valence-electron chi connectivity index (χ4n) is 4.77. The van der Waals surface area contributed by atoms with Crippen molar-refractivity contribution in [3.05, 3.63) is 0 Å². The third-order valence-corrected chi connectivity index (χ3v) is 6.49. The molecule has 0 radical (unpaired) electrons. The van der Waals surface area contributed by atoms with Crippen molar-refractivity contribution in [1.29, 1.82) is 0 Å². The van der Waals surface area contributed by atoms with Gasteiger partial charge in [-0.2, -0.15) is 0 Å². The molecular formula is C26H46N4O8. The van der Waals surface area contributed by atoms with Gasteiger partial charge >= 0.3 is 18.2 Å². The van der Waals surface area contributed by atoms with E-state index in [1.54, 1.807) is 41.5 Å². The van der Waals surface area contributed by atoms with E-state index >= 15 is 0 Å². The number of nitrogens with one attached hydrogen (secondary N) is 3. The molecule has 0 aromatic carbocycles. The Bertz CT molecular complexity index is 904. The summed E-state index contributed by atoms with van der Waals surface area (Å²) in [5.74, 6) is -2.74. The lowest BCUT2D eigenvalue weighted by Gasteiger charge is -2.37. The number of aliphatic hydroxyl groups excluding tert-OH is 1. The van der Waals surface area contributed by atoms with E-state index in [0.29, 0.717) is 12.8 Å². The first-order chi connectivity index (χ1) is 17.2. The summed E-state index contributed by atoms with van der Waals surface area (Å²) in [6.45, 7) is 16.6. The Labute approximate surface area is 225 Å². The van der Waals surface area contributed by atoms with Gasteiger partial charge in [0.2, 0.25) is 11.9 Å². The maximum Gasteiger partial charge on any atom is 0.437 e. The van der Waals surface area contributed by atoms with Gasteiger partial charge in [0.05, 0.1) is 11.5 Å². The van der Waals surface area contributed by atoms with Gasteiger partial charge in [-0.15, -0.1) is 4.99 Å². The Kier molecular flexibility index (Phi) is 11.1. The Morgan fingerprint density at radius 2 is 1.55 bits per heavy atom. The monoisotopic (exact) mass is 542 g/mol. The van der Waals surface area contributed by atoms with Crippen LogP contribution in [0.15, 0.2) is 4.99 Å². The zero-order chi connectivity index (χ0) is 29.6. The Morgan fingerprint density at radius 1 is 1.03 bits per heavy atom. The Hall–Kier alpha value is -2.89. The second-order valence-corrected chi connectivity index (χ2v) is 12.1. The fraction of sp³-hybridized carbons (Fsp3) is 0.808. The predicted octanol–water partition coefficient (Wildman–Crippen LogP) is 3.17. The number of nitrogens with zero attached hydrogens (tertiary/aromatic N) is 1. The van der Waals surface area contributed by atoms with E-state index < -0.39 is 58.9 Å². The number of carbonyl (C=O) groups excluding carboxylic acids is 3. The summed E-state index contributed by atoms with van der Waals surface area (Å²) in [5.41, 5.74) is -3.29. The van der Waals surface area contributed by atoms with Crippen LogP contribution in [0.25, 0.3) is 0 Å². The molecule has 1 fully saturated rings. The van der Waals surface area contributed by atoms with Crippen LogP contribution in [-0.4, -0.2) is 69.6 Å². The number of amides is 3. The first-order valence-corrected chi connectivity index (χ1v) is 13.0. The lowest BCUT2D eigenvalue weighted by atomic mass is 9.78. The average Bonchev–Trinajstić information content (AvgIpc) is 2.95. The van der Waals surface area contributed by atoms with Crippen molar-refractivity contribution in [1.82, 2.24) is 16.0 Å². The number of ether oxygens (including phenoxy) is 2. The van der Waals surface area contributed by atoms with Crippen molar-refractivity contribution in [2.45, 2.75) is 118 Å². The summed E-state index contributed by atoms with van der Waals surface area (Å²) in [7, 11) is 0. The SMILES string of the molecule is CCC(CC)[C@H](NC(C)=O)[C@H]1[C@H](NC(=NC(=O)OC(C)(C)C)NC(=O)OC(C)(C)C)C[C@](C)(C(=O)O)[C@H]1O. The molecule has 5 atom stereocenters. The first-order valence-electron chi connectivity index (χ1n) is 13.0. The molecule has 12 nitrogen and oxygen atoms in total. The van der Waals surface area contributed by atoms with Gasteiger partial charge in [-0.1, -0.05) is 26.7 Å². The van der Waals surface area contributed by atoms with Crippen molar-refractivity contribution in [3.63, 3.8) is 0 Å². The van der Waals surface area contributed by atoms with Crippen molar-refractivity contribution < 1.29 is 38.9 Å². The van der Waals surface area contributed by atoms with Crippen LogP contribution in [0.4, 0.5) is 9.59 Å². The van der Waals surface area contributed by atoms with Gasteiger partial charge in [-0.05, 0) is 60.8 Å². The van der Waals surface area contributed by atoms with Crippen LogP contribution in [0, 0.1) is 17.3 Å². The number of carboxylic acids is 1. The molecule has 3 amide bonds. The van der Waals surface area contributed by atoms with E-state index in [2.05, 4.69) is 20.9 Å². The number of carboxylic acid groups (broad SMARTS) is 1. The molecule has 0 aromatic heterocycles. The van der Waals surface area contributed by atoms with Gasteiger partial charge < -0.3 is 30.3 Å². The van der Waals surface area contributed by atoms with Crippen molar-refractivity contribution in [2.75, 3.05) is 0 Å². The van der Waals surface area contributed by atoms with Crippen LogP contribution >= 0.6 is 0 Å². The molecule has 0 spiro atoms. The molecule has 0 aromatic rings. The van der Waals surface area contributed by atoms with E-state index in [1.165, 1.54) is 13.8 Å². The average molecular weight is 543 g/mol. The van der Waals surface area contributed by atoms with Crippen LogP contribution in [0.3, 0.4) is 0 Å². The normalized spacial score (nSPS) is 24.9. The molecule has 0 aliphatic heterocycles. The van der Waals surface area contributed by atoms with Gasteiger partial charge in [0.1, 0.15) is 11.2 Å². The molecule has 0 saturated heterocycles. The van der Waals surface area contributed by atoms with Crippen LogP contribution in [-0.2, 0) is 19.1 Å². The summed E-state index contributed by atoms with van der Waals surface area (Å²) in [6.07, 6.45) is -2.01. The molecule has 0 heterocycles. The topological polar surface area (TPSA) is 176 Å². The number of guanidine groups is 1. The second kappa shape index (κ2) is 12.8. The van der Waals surface area contributed by atoms with Crippen LogP contribution in [0.1, 0.15) is 88.5 Å². The number of aliphatic imine (C=N–C) groups is 1. The highest BCUT2D eigenvalue weighted by atomic mass is 16.6. The highest BCUT2D eigenvalue weighted by molar-refractivity contribution is 5.99. The molecule has 38 heavy (non-hydrogen) atoms. The largest absolute Gasteiger partial charge is 0.481 e. The van der Waals surface area contributed by atoms with Crippen LogP contribution in [0.2, 0.25) is 0 Å². The maximum absolute atomic E-state index is 12.6. The Morgan fingerprint density at radius 3 is 1.97 bits per heavy atom. The van der Waals surface area contributed by atoms with Gasteiger partial charge in [0.15, 0.2) is 0 Å². The highest BCUT2D eigenvalue weighted by Crippen LogP contribution is 2.45. The minimum Gasteiger partial charge on any atom is -0.481 e. The lowest BCUT2D eigenvalue weighted by Crippen LogP contribution is -2.56. The number of hydrogen-bond donors (Lipinski definition) is 5. The minimum atomic E-state index is -1.58. The molecule has 1 aliphatic carbocycles. The van der Waals surface area contributed by atoms with Gasteiger partial charge in [0, 0.05) is 24.9 Å². The molecular weight excluding hydrogens is 496 g/mol. The number of hydrogen-bond acceptors (Lipinski definition) is 7. The minimum absolute atomic E-state index is 0.0757. The summed E-state index contributed by atoms with van der Waals surface area (Å²) >= 11 is 0. The lowest BCUT2D eigenvalue weighted by molar-refractivity contribution is -0.154. The van der Waals surface area contributed by atoms with Crippen molar-refractivity contribution in [3.8, 4) is 0 Å². The van der Waals surface area contributed by atoms with Gasteiger partial charge in [-0.3, -0.25) is 14.9 Å². The second-order valence-electron chi connectivity index (χ2n) is 12.1. The van der Waals surface area contributed by atoms with Crippen LogP contribution < -0.4 is 16.0 Å². The molecule has 1 rings (SSSR count). The number of aliphatic hydroxyl groups is 1. The summed E-state index contributed by atoms with van der Waals surface area (Å²) in [6, 6.07) is -1.40. The van der Waals surface area contributed by atoms with E-state index in [-0.39, 0.29) is 24.2 Å². The zero-order valence-electron chi connectivity index (χ0n) is 24.3. The molecule has 0 unspecified atom stereocenters. The third kappa shape index (κ3) is 9.45. The van der Waals surface area contributed by atoms with Crippen molar-refractivity contribution in [2.24, 2.45) is 22.2 Å². The summed E-state index contributed by atoms with van der Waals surface area (Å²) in [5, 5.41) is 29.6. The van der Waals surface area contributed by atoms with E-state index in [0.717, 1.165) is 0 Å². The smallest absolute Gasteiger partial charge is 0.437 e. The quantitative estimate of drug-likeness (QED) is 0.239. The van der Waals surface area contributed by atoms with Gasteiger partial charge in [0.25, 0.3) is 0 Å². The predicted molar refractivity (Wildman–Crippen MR) is 141 cm³/mol. The van der Waals surface area contributed by atoms with Crippen molar-refractivity contribution >= 4 is 30.0 Å². The first kappa shape index (κ1) is 33.1. The standard InChI is InChI=1S/C26H46N4O8/c1-11-15(12-2)18(27-14(3)31)17-16(13-26(10,19(17)32)20(33)34)28-21(29-22(35)37-24(4,5)6)30-23(36)38-25(7,8)9/h15-19,32H,11-13H2,1-10H3,(H,27,31)(H,33,34)(H2,28,29,30,35,36)/t16-,17-,18+,19+,26+/m1/s1. The number of alkyl carbamates (subject to hydrolysis) is 1. The summed E-state index contributed by atoms with van der Waals surface area (Å²) < 4.78 is 10.5. The van der Waals surface area contributed by atoms with E-state index in [4.69, 9.17) is 9.47 Å². The molecule has 5 N–H and O–H groups in total. The van der Waals surface area contributed by atoms with E-state index in [1.807, 2.05) is 13.8 Å². The molecule has 0 bridgehead atoms. The number of rotatable bonds is 7. The molecule has 12 heteroatoms. The van der Waals surface area contributed by atoms with Crippen LogP contribution in [0.5, 0.6) is 0 Å². The molecule has 1 saturated carbocycles. The van der Waals surface area contributed by atoms with Gasteiger partial charge in [-0.25, -0.2) is 9.59 Å².